The number of aryl methyl sites for hydroxylation is 1. The minimum Gasteiger partial charge on any atom is -0.337 e. The smallest absolute Gasteiger partial charge is 0.161 e. The third-order valence-electron chi connectivity index (χ3n) is 5.41. The van der Waals surface area contributed by atoms with Crippen LogP contribution in [0, 0.1) is 12.7 Å². The van der Waals surface area contributed by atoms with Crippen LogP contribution in [-0.2, 0) is 0 Å². The Balaban J connectivity index is 1.57. The number of rotatable bonds is 3. The molecule has 0 aliphatic rings. The molecule has 5 heterocycles. The lowest BCUT2D eigenvalue weighted by molar-refractivity contribution is 0.638. The molecule has 6 nitrogen and oxygen atoms in total. The standard InChI is InChI=1S/C23H15FN6S/c1-12-5-7-25-9-15(12)21-19(24)18-17(10-26-21)29-30-22(18)23-27-16-4-2-3-14(20(16)28-23)13-6-8-31-11-13/h2-11H,1H3,(H,27,28)(H,29,30). The van der Waals surface area contributed by atoms with Gasteiger partial charge in [-0.05, 0) is 47.0 Å². The van der Waals surface area contributed by atoms with Crippen LogP contribution in [0.25, 0.3) is 55.8 Å². The molecule has 0 saturated carbocycles. The SMILES string of the molecule is Cc1ccncc1-c1ncc2[nH]nc(-c3nc4c(-c5ccsc5)cccc4[nH]3)c2c1F. The number of fused-ring (bicyclic) bond motifs is 2. The van der Waals surface area contributed by atoms with Crippen molar-refractivity contribution in [2.75, 3.05) is 0 Å². The van der Waals surface area contributed by atoms with E-state index in [0.29, 0.717) is 28.0 Å². The number of thiophene rings is 1. The molecule has 150 valence electrons. The first kappa shape index (κ1) is 17.9. The van der Waals surface area contributed by atoms with Crippen LogP contribution < -0.4 is 0 Å². The van der Waals surface area contributed by atoms with Gasteiger partial charge < -0.3 is 4.98 Å². The maximum Gasteiger partial charge on any atom is 0.161 e. The van der Waals surface area contributed by atoms with Crippen LogP contribution in [0.3, 0.4) is 0 Å². The highest BCUT2D eigenvalue weighted by Crippen LogP contribution is 2.35. The van der Waals surface area contributed by atoms with E-state index in [2.05, 4.69) is 36.6 Å². The van der Waals surface area contributed by atoms with E-state index in [1.54, 1.807) is 29.9 Å². The highest BCUT2D eigenvalue weighted by molar-refractivity contribution is 7.08. The van der Waals surface area contributed by atoms with Gasteiger partial charge in [0.2, 0.25) is 0 Å². The summed E-state index contributed by atoms with van der Waals surface area (Å²) in [5.41, 5.74) is 6.54. The fourth-order valence-corrected chi connectivity index (χ4v) is 4.50. The second kappa shape index (κ2) is 6.82. The first-order valence-corrected chi connectivity index (χ1v) is 10.6. The van der Waals surface area contributed by atoms with E-state index in [0.717, 1.165) is 27.7 Å². The summed E-state index contributed by atoms with van der Waals surface area (Å²) in [4.78, 5) is 16.5. The Kier molecular flexibility index (Phi) is 3.94. The Bertz CT molecular complexity index is 1560. The number of benzene rings is 1. The monoisotopic (exact) mass is 426 g/mol. The summed E-state index contributed by atoms with van der Waals surface area (Å²) >= 11 is 1.64. The molecule has 0 radical (unpaired) electrons. The number of aromatic amines is 2. The Morgan fingerprint density at radius 3 is 2.77 bits per heavy atom. The van der Waals surface area contributed by atoms with Crippen molar-refractivity contribution >= 4 is 33.3 Å². The summed E-state index contributed by atoms with van der Waals surface area (Å²) in [6.45, 7) is 1.91. The Morgan fingerprint density at radius 2 is 1.94 bits per heavy atom. The highest BCUT2D eigenvalue weighted by atomic mass is 32.1. The molecule has 2 N–H and O–H groups in total. The largest absolute Gasteiger partial charge is 0.337 e. The number of H-pyrrole nitrogens is 2. The minimum absolute atomic E-state index is 0.246. The van der Waals surface area contributed by atoms with Crippen LogP contribution in [0.5, 0.6) is 0 Å². The number of hydrogen-bond donors (Lipinski definition) is 2. The van der Waals surface area contributed by atoms with Crippen molar-refractivity contribution in [3.05, 3.63) is 71.1 Å². The summed E-state index contributed by atoms with van der Waals surface area (Å²) in [6, 6.07) is 9.87. The molecule has 0 aliphatic carbocycles. The number of halogens is 1. The first-order chi connectivity index (χ1) is 15.2. The highest BCUT2D eigenvalue weighted by Gasteiger charge is 2.21. The third-order valence-corrected chi connectivity index (χ3v) is 6.09. The molecule has 31 heavy (non-hydrogen) atoms. The number of para-hydroxylation sites is 1. The third kappa shape index (κ3) is 2.76. The van der Waals surface area contributed by atoms with Crippen LogP contribution in [-0.4, -0.2) is 30.1 Å². The van der Waals surface area contributed by atoms with E-state index >= 15 is 4.39 Å². The lowest BCUT2D eigenvalue weighted by atomic mass is 10.1. The molecule has 1 aromatic carbocycles. The Morgan fingerprint density at radius 1 is 1.00 bits per heavy atom. The molecule has 0 spiro atoms. The van der Waals surface area contributed by atoms with Gasteiger partial charge in [-0.3, -0.25) is 15.1 Å². The zero-order valence-electron chi connectivity index (χ0n) is 16.3. The van der Waals surface area contributed by atoms with Gasteiger partial charge in [0.1, 0.15) is 11.4 Å². The molecule has 0 saturated heterocycles. The molecule has 8 heteroatoms. The molecular formula is C23H15FN6S. The Hall–Kier alpha value is -3.91. The predicted octanol–water partition coefficient (Wildman–Crippen LogP) is 5.74. The summed E-state index contributed by atoms with van der Waals surface area (Å²) in [6.07, 6.45) is 4.90. The quantitative estimate of drug-likeness (QED) is 0.378. The molecule has 0 atom stereocenters. The van der Waals surface area contributed by atoms with Crippen molar-refractivity contribution in [3.8, 4) is 33.9 Å². The van der Waals surface area contributed by atoms with Gasteiger partial charge in [0.25, 0.3) is 0 Å². The second-order valence-electron chi connectivity index (χ2n) is 7.27. The van der Waals surface area contributed by atoms with Crippen molar-refractivity contribution in [1.29, 1.82) is 0 Å². The van der Waals surface area contributed by atoms with Crippen molar-refractivity contribution in [3.63, 3.8) is 0 Å². The zero-order chi connectivity index (χ0) is 20.9. The van der Waals surface area contributed by atoms with Crippen molar-refractivity contribution in [1.82, 2.24) is 30.1 Å². The van der Waals surface area contributed by atoms with Crippen LogP contribution in [0.15, 0.2) is 59.7 Å². The van der Waals surface area contributed by atoms with Crippen molar-refractivity contribution in [2.24, 2.45) is 0 Å². The van der Waals surface area contributed by atoms with Gasteiger partial charge in [-0.15, -0.1) is 0 Å². The zero-order valence-corrected chi connectivity index (χ0v) is 17.2. The average Bonchev–Trinajstić information content (AvgIpc) is 3.53. The maximum absolute atomic E-state index is 15.7. The van der Waals surface area contributed by atoms with Gasteiger partial charge in [0.05, 0.1) is 28.1 Å². The molecule has 0 unspecified atom stereocenters. The van der Waals surface area contributed by atoms with Crippen LogP contribution in [0.1, 0.15) is 5.56 Å². The molecule has 0 bridgehead atoms. The average molecular weight is 426 g/mol. The van der Waals surface area contributed by atoms with Gasteiger partial charge >= 0.3 is 0 Å². The topological polar surface area (TPSA) is 83.1 Å². The minimum atomic E-state index is -0.448. The summed E-state index contributed by atoms with van der Waals surface area (Å²) in [5, 5.41) is 11.7. The van der Waals surface area contributed by atoms with Gasteiger partial charge in [-0.2, -0.15) is 16.4 Å². The van der Waals surface area contributed by atoms with E-state index in [9.17, 15) is 0 Å². The van der Waals surface area contributed by atoms with Crippen LogP contribution >= 0.6 is 11.3 Å². The number of hydrogen-bond acceptors (Lipinski definition) is 5. The molecular weight excluding hydrogens is 411 g/mol. The van der Waals surface area contributed by atoms with Gasteiger partial charge in [-0.1, -0.05) is 12.1 Å². The number of pyridine rings is 2. The summed E-state index contributed by atoms with van der Waals surface area (Å²) in [7, 11) is 0. The Labute approximate surface area is 179 Å². The number of nitrogens with zero attached hydrogens (tertiary/aromatic N) is 4. The maximum atomic E-state index is 15.7. The number of imidazole rings is 1. The van der Waals surface area contributed by atoms with E-state index < -0.39 is 5.82 Å². The lowest BCUT2D eigenvalue weighted by Crippen LogP contribution is -1.94. The number of nitrogens with one attached hydrogen (secondary N) is 2. The summed E-state index contributed by atoms with van der Waals surface area (Å²) < 4.78 is 15.7. The fourth-order valence-electron chi connectivity index (χ4n) is 3.84. The lowest BCUT2D eigenvalue weighted by Gasteiger charge is -2.06. The molecule has 6 rings (SSSR count). The molecule has 0 aliphatic heterocycles. The summed E-state index contributed by atoms with van der Waals surface area (Å²) in [5.74, 6) is 0.0544. The molecule has 0 amide bonds. The molecule has 6 aromatic rings. The van der Waals surface area contributed by atoms with E-state index in [1.807, 2.05) is 36.6 Å². The van der Waals surface area contributed by atoms with Crippen molar-refractivity contribution < 1.29 is 4.39 Å². The first-order valence-electron chi connectivity index (χ1n) is 9.66. The van der Waals surface area contributed by atoms with Gasteiger partial charge in [0.15, 0.2) is 11.6 Å². The normalized spacial score (nSPS) is 11.5. The second-order valence-corrected chi connectivity index (χ2v) is 8.05. The predicted molar refractivity (Wildman–Crippen MR) is 120 cm³/mol. The van der Waals surface area contributed by atoms with Crippen LogP contribution in [0.4, 0.5) is 4.39 Å². The van der Waals surface area contributed by atoms with E-state index in [4.69, 9.17) is 4.98 Å². The van der Waals surface area contributed by atoms with Gasteiger partial charge in [-0.25, -0.2) is 9.37 Å². The molecule has 5 aromatic heterocycles. The van der Waals surface area contributed by atoms with Crippen LogP contribution in [0.2, 0.25) is 0 Å². The van der Waals surface area contributed by atoms with Crippen molar-refractivity contribution in [2.45, 2.75) is 6.92 Å². The van der Waals surface area contributed by atoms with E-state index in [1.165, 1.54) is 0 Å². The fraction of sp³-hybridized carbons (Fsp3) is 0.0435. The van der Waals surface area contributed by atoms with Gasteiger partial charge in [0, 0.05) is 23.5 Å². The molecule has 0 fully saturated rings. The van der Waals surface area contributed by atoms with E-state index in [-0.39, 0.29) is 5.69 Å². The number of aromatic nitrogens is 6.